The van der Waals surface area contributed by atoms with Crippen molar-refractivity contribution in [3.05, 3.63) is 12.2 Å². The van der Waals surface area contributed by atoms with Crippen LogP contribution in [-0.2, 0) is 0 Å². The quantitative estimate of drug-likeness (QED) is 0.650. The summed E-state index contributed by atoms with van der Waals surface area (Å²) in [4.78, 5) is 2.53. The zero-order valence-electron chi connectivity index (χ0n) is 8.81. The van der Waals surface area contributed by atoms with E-state index in [0.29, 0.717) is 0 Å². The molecule has 13 heavy (non-hydrogen) atoms. The van der Waals surface area contributed by atoms with Crippen LogP contribution in [-0.4, -0.2) is 38.1 Å². The largest absolute Gasteiger partial charge is 0.319 e. The average Bonchev–Trinajstić information content (AvgIpc) is 2.16. The average molecular weight is 182 g/mol. The number of hydrogen-bond donors (Lipinski definition) is 1. The second-order valence-electron chi connectivity index (χ2n) is 3.94. The second kappa shape index (κ2) is 6.17. The van der Waals surface area contributed by atoms with Crippen LogP contribution in [0.3, 0.4) is 0 Å². The van der Waals surface area contributed by atoms with E-state index in [2.05, 4.69) is 16.8 Å². The first kappa shape index (κ1) is 10.7. The fourth-order valence-corrected chi connectivity index (χ4v) is 1.81. The van der Waals surface area contributed by atoms with Gasteiger partial charge in [0.15, 0.2) is 0 Å². The molecule has 0 spiro atoms. The van der Waals surface area contributed by atoms with Gasteiger partial charge in [0.25, 0.3) is 0 Å². The van der Waals surface area contributed by atoms with E-state index in [1.807, 2.05) is 7.05 Å². The van der Waals surface area contributed by atoms with Gasteiger partial charge in [0, 0.05) is 6.54 Å². The van der Waals surface area contributed by atoms with Gasteiger partial charge in [-0.25, -0.2) is 0 Å². The molecule has 2 heteroatoms. The first-order chi connectivity index (χ1) is 6.33. The fourth-order valence-electron chi connectivity index (χ4n) is 1.81. The molecule has 1 heterocycles. The zero-order chi connectivity index (χ0) is 9.52. The van der Waals surface area contributed by atoms with Gasteiger partial charge < -0.3 is 5.32 Å². The van der Waals surface area contributed by atoms with Crippen LogP contribution in [0, 0.1) is 0 Å². The van der Waals surface area contributed by atoms with E-state index >= 15 is 0 Å². The van der Waals surface area contributed by atoms with Crippen LogP contribution in [0.15, 0.2) is 12.2 Å². The highest BCUT2D eigenvalue weighted by molar-refractivity contribution is 4.98. The van der Waals surface area contributed by atoms with Crippen molar-refractivity contribution in [2.75, 3.05) is 33.2 Å². The van der Waals surface area contributed by atoms with Crippen LogP contribution in [0.25, 0.3) is 0 Å². The van der Waals surface area contributed by atoms with Gasteiger partial charge in [0.2, 0.25) is 0 Å². The van der Waals surface area contributed by atoms with Crippen LogP contribution in [0.1, 0.15) is 25.7 Å². The van der Waals surface area contributed by atoms with Crippen LogP contribution in [0.4, 0.5) is 0 Å². The molecular formula is C11H22N2. The molecular weight excluding hydrogens is 160 g/mol. The molecule has 1 fully saturated rings. The minimum Gasteiger partial charge on any atom is -0.319 e. The predicted molar refractivity (Wildman–Crippen MR) is 58.0 cm³/mol. The molecule has 2 nitrogen and oxygen atoms in total. The van der Waals surface area contributed by atoms with Crippen LogP contribution in [0.2, 0.25) is 0 Å². The van der Waals surface area contributed by atoms with Crippen molar-refractivity contribution in [3.8, 4) is 0 Å². The molecule has 76 valence electrons. The molecule has 0 bridgehead atoms. The number of nitrogens with zero attached hydrogens (tertiary/aromatic N) is 1. The number of piperidine rings is 1. The van der Waals surface area contributed by atoms with Gasteiger partial charge in [-0.3, -0.25) is 4.90 Å². The van der Waals surface area contributed by atoms with Crippen LogP contribution >= 0.6 is 0 Å². The third kappa shape index (κ3) is 4.44. The summed E-state index contributed by atoms with van der Waals surface area (Å²) < 4.78 is 0. The molecule has 0 unspecified atom stereocenters. The molecule has 0 saturated carbocycles. The molecule has 0 atom stereocenters. The molecule has 1 saturated heterocycles. The van der Waals surface area contributed by atoms with Gasteiger partial charge in [-0.2, -0.15) is 0 Å². The minimum absolute atomic E-state index is 1.06. The highest BCUT2D eigenvalue weighted by atomic mass is 15.1. The Morgan fingerprint density at radius 1 is 1.31 bits per heavy atom. The van der Waals surface area contributed by atoms with E-state index in [1.54, 1.807) is 0 Å². The van der Waals surface area contributed by atoms with E-state index in [0.717, 1.165) is 19.5 Å². The lowest BCUT2D eigenvalue weighted by Gasteiger charge is -2.27. The fraction of sp³-hybridized carbons (Fsp3) is 0.818. The van der Waals surface area contributed by atoms with Crippen molar-refractivity contribution in [1.29, 1.82) is 0 Å². The first-order valence-electron chi connectivity index (χ1n) is 5.36. The van der Waals surface area contributed by atoms with Crippen molar-refractivity contribution < 1.29 is 0 Å². The molecule has 1 N–H and O–H groups in total. The number of nitrogens with one attached hydrogen (secondary N) is 1. The maximum Gasteiger partial charge on any atom is 0.0190 e. The van der Waals surface area contributed by atoms with Crippen LogP contribution in [0.5, 0.6) is 0 Å². The second-order valence-corrected chi connectivity index (χ2v) is 3.94. The van der Waals surface area contributed by atoms with E-state index < -0.39 is 0 Å². The molecule has 0 aromatic carbocycles. The van der Waals surface area contributed by atoms with E-state index in [-0.39, 0.29) is 0 Å². The van der Waals surface area contributed by atoms with Gasteiger partial charge in [-0.15, -0.1) is 0 Å². The Balaban J connectivity index is 2.11. The molecule has 1 aliphatic heterocycles. The number of likely N-dealkylation sites (tertiary alicyclic amines) is 1. The Hall–Kier alpha value is -0.340. The SMILES string of the molecule is C=C(CCNC)CN1CCCCC1. The smallest absolute Gasteiger partial charge is 0.0190 e. The van der Waals surface area contributed by atoms with Crippen molar-refractivity contribution in [2.24, 2.45) is 0 Å². The summed E-state index contributed by atoms with van der Waals surface area (Å²) in [6.45, 7) is 8.83. The van der Waals surface area contributed by atoms with Gasteiger partial charge >= 0.3 is 0 Å². The van der Waals surface area contributed by atoms with Crippen molar-refractivity contribution in [1.82, 2.24) is 10.2 Å². The lowest BCUT2D eigenvalue weighted by atomic mass is 10.1. The third-order valence-electron chi connectivity index (χ3n) is 2.62. The summed E-state index contributed by atoms with van der Waals surface area (Å²) >= 11 is 0. The van der Waals surface area contributed by atoms with Gasteiger partial charge in [0.05, 0.1) is 0 Å². The van der Waals surface area contributed by atoms with E-state index in [9.17, 15) is 0 Å². The van der Waals surface area contributed by atoms with Crippen molar-refractivity contribution in [3.63, 3.8) is 0 Å². The molecule has 1 rings (SSSR count). The Labute approximate surface area is 82.0 Å². The summed E-state index contributed by atoms with van der Waals surface area (Å²) in [6.07, 6.45) is 5.28. The third-order valence-corrected chi connectivity index (χ3v) is 2.62. The Kier molecular flexibility index (Phi) is 5.09. The minimum atomic E-state index is 1.06. The predicted octanol–water partition coefficient (Wildman–Crippen LogP) is 1.64. The molecule has 0 radical (unpaired) electrons. The van der Waals surface area contributed by atoms with Crippen molar-refractivity contribution >= 4 is 0 Å². The molecule has 1 aliphatic rings. The van der Waals surface area contributed by atoms with Gasteiger partial charge in [-0.1, -0.05) is 18.6 Å². The zero-order valence-corrected chi connectivity index (χ0v) is 8.81. The lowest BCUT2D eigenvalue weighted by Crippen LogP contribution is -2.31. The number of rotatable bonds is 5. The summed E-state index contributed by atoms with van der Waals surface area (Å²) in [5.41, 5.74) is 1.37. The monoisotopic (exact) mass is 182 g/mol. The van der Waals surface area contributed by atoms with E-state index in [1.165, 1.54) is 37.9 Å². The Morgan fingerprint density at radius 2 is 2.00 bits per heavy atom. The van der Waals surface area contributed by atoms with Gasteiger partial charge in [0.1, 0.15) is 0 Å². The first-order valence-corrected chi connectivity index (χ1v) is 5.36. The lowest BCUT2D eigenvalue weighted by molar-refractivity contribution is 0.245. The molecule has 0 amide bonds. The topological polar surface area (TPSA) is 15.3 Å². The normalized spacial score (nSPS) is 18.8. The van der Waals surface area contributed by atoms with Gasteiger partial charge in [-0.05, 0) is 45.9 Å². The summed E-state index contributed by atoms with van der Waals surface area (Å²) in [5.74, 6) is 0. The summed E-state index contributed by atoms with van der Waals surface area (Å²) in [6, 6.07) is 0. The molecule has 0 aliphatic carbocycles. The summed E-state index contributed by atoms with van der Waals surface area (Å²) in [5, 5.41) is 3.16. The van der Waals surface area contributed by atoms with Crippen molar-refractivity contribution in [2.45, 2.75) is 25.7 Å². The number of hydrogen-bond acceptors (Lipinski definition) is 2. The summed E-state index contributed by atoms with van der Waals surface area (Å²) in [7, 11) is 1.99. The highest BCUT2D eigenvalue weighted by Crippen LogP contribution is 2.10. The standard InChI is InChI=1S/C11H22N2/c1-11(6-7-12-2)10-13-8-4-3-5-9-13/h12H,1,3-10H2,2H3. The Bertz CT molecular complexity index is 148. The maximum atomic E-state index is 4.10. The molecule has 0 aromatic rings. The van der Waals surface area contributed by atoms with E-state index in [4.69, 9.17) is 0 Å². The maximum absolute atomic E-state index is 4.10. The highest BCUT2D eigenvalue weighted by Gasteiger charge is 2.10. The molecule has 0 aromatic heterocycles. The van der Waals surface area contributed by atoms with Crippen LogP contribution < -0.4 is 5.32 Å². The Morgan fingerprint density at radius 3 is 2.62 bits per heavy atom.